The lowest BCUT2D eigenvalue weighted by Crippen LogP contribution is -2.24. The molecule has 0 spiro atoms. The van der Waals surface area contributed by atoms with Crippen LogP contribution < -0.4 is 5.32 Å². The largest absolute Gasteiger partial charge is 0.304 e. The maximum absolute atomic E-state index is 8.53. The van der Waals surface area contributed by atoms with Crippen LogP contribution in [0.25, 0.3) is 0 Å². The number of rotatable bonds is 7. The fourth-order valence-corrected chi connectivity index (χ4v) is 2.03. The highest BCUT2D eigenvalue weighted by atomic mass is 32.2. The van der Waals surface area contributed by atoms with Crippen LogP contribution in [0.5, 0.6) is 0 Å². The first-order chi connectivity index (χ1) is 8.17. The molecule has 5 heteroatoms. The second kappa shape index (κ2) is 10.4. The molecule has 0 heterocycles. The van der Waals surface area contributed by atoms with E-state index in [-0.39, 0.29) is 6.04 Å². The molecule has 1 atom stereocenters. The first kappa shape index (κ1) is 16.3. The Hall–Kier alpha value is -0.730. The molecule has 0 aromatic carbocycles. The SMILES string of the molecule is CCN(CC)CCCC(C)N=C(NC#N)SC. The van der Waals surface area contributed by atoms with Crippen LogP contribution in [0.2, 0.25) is 0 Å². The first-order valence-electron chi connectivity index (χ1n) is 6.17. The molecular weight excluding hydrogens is 232 g/mol. The molecule has 4 nitrogen and oxygen atoms in total. The average molecular weight is 256 g/mol. The van der Waals surface area contributed by atoms with Crippen LogP contribution in [0.3, 0.4) is 0 Å². The third kappa shape index (κ3) is 8.06. The molecule has 0 bridgehead atoms. The van der Waals surface area contributed by atoms with Gasteiger partial charge in [0.05, 0.1) is 6.04 Å². The van der Waals surface area contributed by atoms with Crippen molar-refractivity contribution in [3.05, 3.63) is 0 Å². The van der Waals surface area contributed by atoms with E-state index in [1.54, 1.807) is 0 Å². The summed E-state index contributed by atoms with van der Waals surface area (Å²) in [6.07, 6.45) is 6.05. The van der Waals surface area contributed by atoms with Gasteiger partial charge in [-0.3, -0.25) is 10.3 Å². The predicted octanol–water partition coefficient (Wildman–Crippen LogP) is 2.29. The minimum atomic E-state index is 0.272. The van der Waals surface area contributed by atoms with Gasteiger partial charge in [-0.25, -0.2) is 0 Å². The van der Waals surface area contributed by atoms with Gasteiger partial charge in [-0.2, -0.15) is 5.26 Å². The average Bonchev–Trinajstić information content (AvgIpc) is 2.34. The summed E-state index contributed by atoms with van der Waals surface area (Å²) in [7, 11) is 0. The first-order valence-corrected chi connectivity index (χ1v) is 7.39. The van der Waals surface area contributed by atoms with E-state index in [0.29, 0.717) is 5.17 Å². The Morgan fingerprint density at radius 1 is 1.47 bits per heavy atom. The third-order valence-corrected chi connectivity index (χ3v) is 3.28. The molecular formula is C12H24N4S. The molecule has 17 heavy (non-hydrogen) atoms. The second-order valence-corrected chi connectivity index (χ2v) is 4.69. The fraction of sp³-hybridized carbons (Fsp3) is 0.833. The third-order valence-electron chi connectivity index (χ3n) is 2.68. The molecule has 1 unspecified atom stereocenters. The van der Waals surface area contributed by atoms with E-state index in [9.17, 15) is 0 Å². The Bertz CT molecular complexity index is 256. The van der Waals surface area contributed by atoms with Crippen molar-refractivity contribution in [2.24, 2.45) is 4.99 Å². The number of nitriles is 1. The van der Waals surface area contributed by atoms with Crippen LogP contribution in [-0.2, 0) is 0 Å². The number of aliphatic imine (C=N–C) groups is 1. The van der Waals surface area contributed by atoms with Crippen LogP contribution in [0.1, 0.15) is 33.6 Å². The minimum absolute atomic E-state index is 0.272. The van der Waals surface area contributed by atoms with Crippen molar-refractivity contribution in [3.63, 3.8) is 0 Å². The van der Waals surface area contributed by atoms with E-state index in [0.717, 1.165) is 32.5 Å². The van der Waals surface area contributed by atoms with Crippen LogP contribution in [0.15, 0.2) is 4.99 Å². The Balaban J connectivity index is 3.93. The van der Waals surface area contributed by atoms with Gasteiger partial charge in [-0.1, -0.05) is 25.6 Å². The molecule has 0 radical (unpaired) electrons. The van der Waals surface area contributed by atoms with E-state index in [4.69, 9.17) is 5.26 Å². The number of hydrogen-bond acceptors (Lipinski definition) is 4. The number of hydrogen-bond donors (Lipinski definition) is 1. The Morgan fingerprint density at radius 2 is 2.12 bits per heavy atom. The van der Waals surface area contributed by atoms with Crippen molar-refractivity contribution in [1.82, 2.24) is 10.2 Å². The lowest BCUT2D eigenvalue weighted by Gasteiger charge is -2.18. The molecule has 0 aromatic rings. The van der Waals surface area contributed by atoms with Crippen molar-refractivity contribution < 1.29 is 0 Å². The Morgan fingerprint density at radius 3 is 2.59 bits per heavy atom. The van der Waals surface area contributed by atoms with Crippen molar-refractivity contribution >= 4 is 16.9 Å². The monoisotopic (exact) mass is 256 g/mol. The van der Waals surface area contributed by atoms with Gasteiger partial charge in [0.2, 0.25) is 0 Å². The molecule has 1 N–H and O–H groups in total. The van der Waals surface area contributed by atoms with Crippen LogP contribution in [0, 0.1) is 11.5 Å². The highest BCUT2D eigenvalue weighted by molar-refractivity contribution is 8.13. The Kier molecular flexibility index (Phi) is 9.98. The van der Waals surface area contributed by atoms with Crippen LogP contribution in [-0.4, -0.2) is 42.0 Å². The quantitative estimate of drug-likeness (QED) is 0.329. The maximum atomic E-state index is 8.53. The van der Waals surface area contributed by atoms with Gasteiger partial charge in [-0.05, 0) is 45.7 Å². The lowest BCUT2D eigenvalue weighted by atomic mass is 10.2. The molecule has 0 saturated carbocycles. The topological polar surface area (TPSA) is 51.4 Å². The van der Waals surface area contributed by atoms with Gasteiger partial charge in [0.25, 0.3) is 0 Å². The van der Waals surface area contributed by atoms with E-state index < -0.39 is 0 Å². The van der Waals surface area contributed by atoms with Gasteiger partial charge in [0.1, 0.15) is 0 Å². The molecule has 0 rings (SSSR count). The number of thioether (sulfide) groups is 1. The predicted molar refractivity (Wildman–Crippen MR) is 76.2 cm³/mol. The summed E-state index contributed by atoms with van der Waals surface area (Å²) in [5.74, 6) is 0. The van der Waals surface area contributed by atoms with Gasteiger partial charge < -0.3 is 4.90 Å². The van der Waals surface area contributed by atoms with Gasteiger partial charge in [-0.15, -0.1) is 0 Å². The van der Waals surface area contributed by atoms with Crippen LogP contribution in [0.4, 0.5) is 0 Å². The molecule has 0 aliphatic heterocycles. The van der Waals surface area contributed by atoms with Crippen molar-refractivity contribution in [3.8, 4) is 6.19 Å². The standard InChI is InChI=1S/C12H24N4S/c1-5-16(6-2)9-7-8-11(3)15-12(17-4)14-10-13/h11H,5-9H2,1-4H3,(H,14,15). The summed E-state index contributed by atoms with van der Waals surface area (Å²) in [6.45, 7) is 9.83. The second-order valence-electron chi connectivity index (χ2n) is 3.89. The van der Waals surface area contributed by atoms with Gasteiger partial charge >= 0.3 is 0 Å². The van der Waals surface area contributed by atoms with Gasteiger partial charge in [0.15, 0.2) is 11.4 Å². The summed E-state index contributed by atoms with van der Waals surface area (Å²) in [5, 5.41) is 11.8. The van der Waals surface area contributed by atoms with Crippen molar-refractivity contribution in [2.75, 3.05) is 25.9 Å². The van der Waals surface area contributed by atoms with E-state index in [1.165, 1.54) is 11.8 Å². The van der Waals surface area contributed by atoms with E-state index in [1.807, 2.05) is 12.4 Å². The van der Waals surface area contributed by atoms with Crippen LogP contribution >= 0.6 is 11.8 Å². The Labute approximate surface area is 109 Å². The molecule has 0 amide bonds. The van der Waals surface area contributed by atoms with E-state index >= 15 is 0 Å². The van der Waals surface area contributed by atoms with Crippen molar-refractivity contribution in [1.29, 1.82) is 5.26 Å². The number of amidine groups is 1. The van der Waals surface area contributed by atoms with Gasteiger partial charge in [0, 0.05) is 0 Å². The molecule has 98 valence electrons. The summed E-state index contributed by atoms with van der Waals surface area (Å²) in [5.41, 5.74) is 0. The highest BCUT2D eigenvalue weighted by Gasteiger charge is 2.04. The normalized spacial score (nSPS) is 13.5. The summed E-state index contributed by atoms with van der Waals surface area (Å²) in [4.78, 5) is 6.88. The summed E-state index contributed by atoms with van der Waals surface area (Å²) < 4.78 is 0. The zero-order valence-electron chi connectivity index (χ0n) is 11.4. The molecule has 0 aliphatic rings. The lowest BCUT2D eigenvalue weighted by molar-refractivity contribution is 0.294. The van der Waals surface area contributed by atoms with E-state index in [2.05, 4.69) is 36.0 Å². The zero-order valence-corrected chi connectivity index (χ0v) is 12.2. The smallest absolute Gasteiger partial charge is 0.183 e. The minimum Gasteiger partial charge on any atom is -0.304 e. The highest BCUT2D eigenvalue weighted by Crippen LogP contribution is 2.06. The molecule has 0 aromatic heterocycles. The maximum Gasteiger partial charge on any atom is 0.183 e. The number of nitrogens with zero attached hydrogens (tertiary/aromatic N) is 3. The summed E-state index contributed by atoms with van der Waals surface area (Å²) >= 11 is 1.48. The summed E-state index contributed by atoms with van der Waals surface area (Å²) in [6, 6.07) is 0.272. The fourth-order valence-electron chi connectivity index (χ4n) is 1.60. The number of nitrogens with one attached hydrogen (secondary N) is 1. The zero-order chi connectivity index (χ0) is 13.1. The molecule has 0 saturated heterocycles. The molecule has 0 aliphatic carbocycles. The molecule has 0 fully saturated rings. The van der Waals surface area contributed by atoms with Crippen molar-refractivity contribution in [2.45, 2.75) is 39.7 Å².